The van der Waals surface area contributed by atoms with Gasteiger partial charge in [-0.25, -0.2) is 4.79 Å². The van der Waals surface area contributed by atoms with Gasteiger partial charge >= 0.3 is 6.03 Å². The van der Waals surface area contributed by atoms with Crippen molar-refractivity contribution in [3.63, 3.8) is 0 Å². The van der Waals surface area contributed by atoms with E-state index in [4.69, 9.17) is 0 Å². The first-order chi connectivity index (χ1) is 8.26. The molecule has 1 saturated heterocycles. The molecule has 2 amide bonds. The molecule has 2 fully saturated rings. The van der Waals surface area contributed by atoms with Gasteiger partial charge in [-0.05, 0) is 12.8 Å². The van der Waals surface area contributed by atoms with Crippen molar-refractivity contribution >= 4 is 6.03 Å². The molecule has 0 atom stereocenters. The number of amides is 2. The maximum atomic E-state index is 11.3. The normalized spacial score (nSPS) is 23.1. The highest BCUT2D eigenvalue weighted by atomic mass is 16.3. The number of hydrogen-bond donors (Lipinski definition) is 3. The molecule has 0 aromatic rings. The summed E-state index contributed by atoms with van der Waals surface area (Å²) in [4.78, 5) is 13.1. The van der Waals surface area contributed by atoms with E-state index in [0.717, 1.165) is 45.6 Å². The molecule has 1 aliphatic heterocycles. The van der Waals surface area contributed by atoms with E-state index >= 15 is 0 Å². The Bertz CT molecular complexity index is 264. The van der Waals surface area contributed by atoms with Crippen molar-refractivity contribution in [3.8, 4) is 0 Å². The number of aliphatic hydroxyl groups is 1. The molecule has 1 saturated carbocycles. The van der Waals surface area contributed by atoms with Gasteiger partial charge in [-0.1, -0.05) is 12.8 Å². The maximum Gasteiger partial charge on any atom is 0.317 e. The minimum Gasteiger partial charge on any atom is -0.396 e. The van der Waals surface area contributed by atoms with Crippen LogP contribution in [0.1, 0.15) is 25.7 Å². The zero-order valence-electron chi connectivity index (χ0n) is 10.4. The van der Waals surface area contributed by atoms with E-state index in [0.29, 0.717) is 0 Å². The number of hydrogen-bond acceptors (Lipinski definition) is 3. The molecule has 1 aliphatic carbocycles. The molecule has 0 radical (unpaired) electrons. The van der Waals surface area contributed by atoms with E-state index in [1.807, 2.05) is 4.90 Å². The van der Waals surface area contributed by atoms with Gasteiger partial charge in [0.2, 0.25) is 0 Å². The summed E-state index contributed by atoms with van der Waals surface area (Å²) in [5, 5.41) is 15.6. The SMILES string of the molecule is O=C1NCCN1CCNCC1(CO)CCCC1. The molecule has 0 aromatic carbocycles. The molecule has 0 unspecified atom stereocenters. The van der Waals surface area contributed by atoms with Crippen LogP contribution in [0.3, 0.4) is 0 Å². The van der Waals surface area contributed by atoms with Crippen LogP contribution in [0.5, 0.6) is 0 Å². The molecule has 0 spiro atoms. The summed E-state index contributed by atoms with van der Waals surface area (Å²) in [6, 6.07) is 0.0459. The van der Waals surface area contributed by atoms with Crippen molar-refractivity contribution < 1.29 is 9.90 Å². The van der Waals surface area contributed by atoms with E-state index in [-0.39, 0.29) is 18.1 Å². The van der Waals surface area contributed by atoms with Crippen LogP contribution in [-0.2, 0) is 0 Å². The molecule has 98 valence electrons. The monoisotopic (exact) mass is 241 g/mol. The highest BCUT2D eigenvalue weighted by Crippen LogP contribution is 2.36. The molecule has 3 N–H and O–H groups in total. The first-order valence-electron chi connectivity index (χ1n) is 6.60. The number of carbonyl (C=O) groups is 1. The van der Waals surface area contributed by atoms with Crippen molar-refractivity contribution in [1.29, 1.82) is 0 Å². The number of rotatable bonds is 6. The van der Waals surface area contributed by atoms with Crippen LogP contribution >= 0.6 is 0 Å². The predicted octanol–water partition coefficient (Wildman–Crippen LogP) is 0.154. The summed E-state index contributed by atoms with van der Waals surface area (Å²) in [5.41, 5.74) is 0.104. The highest BCUT2D eigenvalue weighted by Gasteiger charge is 2.32. The van der Waals surface area contributed by atoms with Crippen molar-refractivity contribution in [2.24, 2.45) is 5.41 Å². The molecular weight excluding hydrogens is 218 g/mol. The summed E-state index contributed by atoms with van der Waals surface area (Å²) in [6.07, 6.45) is 4.72. The summed E-state index contributed by atoms with van der Waals surface area (Å²) in [7, 11) is 0. The molecule has 17 heavy (non-hydrogen) atoms. The third-order valence-corrected chi connectivity index (χ3v) is 4.00. The lowest BCUT2D eigenvalue weighted by atomic mass is 9.87. The third-order valence-electron chi connectivity index (χ3n) is 4.00. The first kappa shape index (κ1) is 12.6. The standard InChI is InChI=1S/C12H23N3O2/c16-10-12(3-1-2-4-12)9-13-5-7-15-8-6-14-11(15)17/h13,16H,1-10H2,(H,14,17). The number of aliphatic hydroxyl groups excluding tert-OH is 1. The van der Waals surface area contributed by atoms with Crippen LogP contribution in [0.15, 0.2) is 0 Å². The lowest BCUT2D eigenvalue weighted by Gasteiger charge is -2.27. The molecule has 5 heteroatoms. The van der Waals surface area contributed by atoms with Gasteiger partial charge in [0.25, 0.3) is 0 Å². The van der Waals surface area contributed by atoms with Gasteiger partial charge in [-0.3, -0.25) is 0 Å². The van der Waals surface area contributed by atoms with Gasteiger partial charge in [0, 0.05) is 44.7 Å². The van der Waals surface area contributed by atoms with Crippen LogP contribution in [0.2, 0.25) is 0 Å². The number of carbonyl (C=O) groups excluding carboxylic acids is 1. The average Bonchev–Trinajstić information content (AvgIpc) is 2.95. The van der Waals surface area contributed by atoms with Gasteiger partial charge in [0.1, 0.15) is 0 Å². The van der Waals surface area contributed by atoms with E-state index in [9.17, 15) is 9.90 Å². The predicted molar refractivity (Wildman–Crippen MR) is 65.8 cm³/mol. The second-order valence-corrected chi connectivity index (χ2v) is 5.26. The zero-order valence-corrected chi connectivity index (χ0v) is 10.4. The van der Waals surface area contributed by atoms with E-state index in [1.165, 1.54) is 12.8 Å². The Balaban J connectivity index is 1.63. The Morgan fingerprint density at radius 3 is 2.76 bits per heavy atom. The van der Waals surface area contributed by atoms with E-state index in [1.54, 1.807) is 0 Å². The quantitative estimate of drug-likeness (QED) is 0.580. The van der Waals surface area contributed by atoms with Crippen molar-refractivity contribution in [2.75, 3.05) is 39.3 Å². The fourth-order valence-corrected chi connectivity index (χ4v) is 2.81. The van der Waals surface area contributed by atoms with Gasteiger partial charge in [0.15, 0.2) is 0 Å². The Morgan fingerprint density at radius 2 is 2.18 bits per heavy atom. The minimum atomic E-state index is 0.0459. The van der Waals surface area contributed by atoms with Crippen LogP contribution in [0.25, 0.3) is 0 Å². The molecular formula is C12H23N3O2. The van der Waals surface area contributed by atoms with Crippen LogP contribution < -0.4 is 10.6 Å². The summed E-state index contributed by atoms with van der Waals surface area (Å²) >= 11 is 0. The Kier molecular flexibility index (Phi) is 4.23. The fraction of sp³-hybridized carbons (Fsp3) is 0.917. The third kappa shape index (κ3) is 3.10. The van der Waals surface area contributed by atoms with Crippen molar-refractivity contribution in [1.82, 2.24) is 15.5 Å². The fourth-order valence-electron chi connectivity index (χ4n) is 2.81. The Labute approximate surface area is 103 Å². The number of nitrogens with zero attached hydrogens (tertiary/aromatic N) is 1. The first-order valence-corrected chi connectivity index (χ1v) is 6.60. The number of urea groups is 1. The number of nitrogens with one attached hydrogen (secondary N) is 2. The second kappa shape index (κ2) is 5.69. The van der Waals surface area contributed by atoms with Gasteiger partial charge < -0.3 is 20.6 Å². The van der Waals surface area contributed by atoms with Crippen molar-refractivity contribution in [3.05, 3.63) is 0 Å². The molecule has 0 bridgehead atoms. The van der Waals surface area contributed by atoms with Gasteiger partial charge in [0.05, 0.1) is 0 Å². The van der Waals surface area contributed by atoms with Gasteiger partial charge in [-0.2, -0.15) is 0 Å². The van der Waals surface area contributed by atoms with E-state index < -0.39 is 0 Å². The second-order valence-electron chi connectivity index (χ2n) is 5.26. The lowest BCUT2D eigenvalue weighted by Crippen LogP contribution is -2.40. The largest absolute Gasteiger partial charge is 0.396 e. The molecule has 0 aromatic heterocycles. The minimum absolute atomic E-state index is 0.0459. The Hall–Kier alpha value is -0.810. The average molecular weight is 241 g/mol. The molecule has 2 aliphatic rings. The smallest absolute Gasteiger partial charge is 0.317 e. The molecule has 2 rings (SSSR count). The van der Waals surface area contributed by atoms with E-state index in [2.05, 4.69) is 10.6 Å². The molecule has 5 nitrogen and oxygen atoms in total. The van der Waals surface area contributed by atoms with Crippen LogP contribution in [0, 0.1) is 5.41 Å². The summed E-state index contributed by atoms with van der Waals surface area (Å²) in [5.74, 6) is 0. The van der Waals surface area contributed by atoms with Crippen LogP contribution in [-0.4, -0.2) is 55.4 Å². The van der Waals surface area contributed by atoms with Crippen molar-refractivity contribution in [2.45, 2.75) is 25.7 Å². The highest BCUT2D eigenvalue weighted by molar-refractivity contribution is 5.76. The van der Waals surface area contributed by atoms with Gasteiger partial charge in [-0.15, -0.1) is 0 Å². The Morgan fingerprint density at radius 1 is 1.41 bits per heavy atom. The zero-order chi connectivity index (χ0) is 12.1. The van der Waals surface area contributed by atoms with Crippen LogP contribution in [0.4, 0.5) is 4.79 Å². The molecule has 1 heterocycles. The summed E-state index contributed by atoms with van der Waals surface area (Å²) < 4.78 is 0. The summed E-state index contributed by atoms with van der Waals surface area (Å²) in [6.45, 7) is 4.30. The topological polar surface area (TPSA) is 64.6 Å². The maximum absolute atomic E-state index is 11.3. The lowest BCUT2D eigenvalue weighted by molar-refractivity contribution is 0.127.